The molecule has 1 saturated heterocycles. The van der Waals surface area contributed by atoms with Crippen LogP contribution in [0, 0.1) is 11.8 Å². The zero-order valence-corrected chi connectivity index (χ0v) is 18.4. The highest BCUT2D eigenvalue weighted by Gasteiger charge is 2.34. The lowest BCUT2D eigenvalue weighted by molar-refractivity contribution is -0.127. The molecule has 1 fully saturated rings. The van der Waals surface area contributed by atoms with E-state index in [-0.39, 0.29) is 24.1 Å². The van der Waals surface area contributed by atoms with E-state index in [1.54, 1.807) is 24.5 Å². The highest BCUT2D eigenvalue weighted by atomic mass is 32.2. The van der Waals surface area contributed by atoms with Gasteiger partial charge in [-0.25, -0.2) is 12.7 Å². The predicted octanol–water partition coefficient (Wildman–Crippen LogP) is 2.40. The first kappa shape index (κ1) is 22.4. The monoisotopic (exact) mass is 435 g/mol. The third-order valence-corrected chi connectivity index (χ3v) is 7.26. The number of nitrogens with zero attached hydrogens (tertiary/aromatic N) is 4. The van der Waals surface area contributed by atoms with E-state index in [0.29, 0.717) is 37.5 Å². The molecule has 1 aliphatic rings. The van der Waals surface area contributed by atoms with Crippen LogP contribution in [0.5, 0.6) is 0 Å². The third-order valence-electron chi connectivity index (χ3n) is 5.22. The van der Waals surface area contributed by atoms with Crippen LogP contribution in [0.25, 0.3) is 11.4 Å². The second kappa shape index (κ2) is 9.65. The molecule has 0 radical (unpaired) electrons. The van der Waals surface area contributed by atoms with Gasteiger partial charge in [-0.15, -0.1) is 0 Å². The van der Waals surface area contributed by atoms with Crippen LogP contribution in [-0.4, -0.2) is 52.6 Å². The van der Waals surface area contributed by atoms with Gasteiger partial charge in [0.25, 0.3) is 0 Å². The number of carbonyl (C=O) groups excluding carboxylic acids is 1. The minimum Gasteiger partial charge on any atom is -0.344 e. The Morgan fingerprint density at radius 1 is 1.33 bits per heavy atom. The van der Waals surface area contributed by atoms with Gasteiger partial charge in [-0.05, 0) is 37.3 Å². The maximum absolute atomic E-state index is 13.0. The lowest BCUT2D eigenvalue weighted by atomic mass is 9.97. The number of pyridine rings is 1. The van der Waals surface area contributed by atoms with E-state index < -0.39 is 22.0 Å². The number of aromatic nitrogens is 3. The summed E-state index contributed by atoms with van der Waals surface area (Å²) >= 11 is 0. The zero-order valence-electron chi connectivity index (χ0n) is 17.6. The Morgan fingerprint density at radius 2 is 2.07 bits per heavy atom. The SMILES string of the molecule is CCCS(=O)(=O)N1CCCC(C(=O)NC(c2nc(-c3ccncc3)no2)C(C)C)C1. The van der Waals surface area contributed by atoms with Gasteiger partial charge in [0.2, 0.25) is 27.6 Å². The van der Waals surface area contributed by atoms with Gasteiger partial charge in [0.15, 0.2) is 0 Å². The summed E-state index contributed by atoms with van der Waals surface area (Å²) in [5.74, 6) is 0.305. The fourth-order valence-corrected chi connectivity index (χ4v) is 5.15. The van der Waals surface area contributed by atoms with Gasteiger partial charge < -0.3 is 9.84 Å². The summed E-state index contributed by atoms with van der Waals surface area (Å²) in [5.41, 5.74) is 0.776. The summed E-state index contributed by atoms with van der Waals surface area (Å²) in [7, 11) is -3.32. The number of hydrogen-bond acceptors (Lipinski definition) is 7. The Labute approximate surface area is 177 Å². The first-order chi connectivity index (χ1) is 14.3. The number of piperidine rings is 1. The quantitative estimate of drug-likeness (QED) is 0.676. The van der Waals surface area contributed by atoms with Crippen LogP contribution in [-0.2, 0) is 14.8 Å². The third kappa shape index (κ3) is 5.23. The van der Waals surface area contributed by atoms with Crippen molar-refractivity contribution in [1.82, 2.24) is 24.7 Å². The van der Waals surface area contributed by atoms with Crippen LogP contribution in [0.4, 0.5) is 0 Å². The van der Waals surface area contributed by atoms with Gasteiger partial charge in [-0.3, -0.25) is 9.78 Å². The Kier molecular flexibility index (Phi) is 7.19. The van der Waals surface area contributed by atoms with Crippen molar-refractivity contribution in [3.63, 3.8) is 0 Å². The molecule has 0 bridgehead atoms. The van der Waals surface area contributed by atoms with Gasteiger partial charge in [0.1, 0.15) is 6.04 Å². The molecule has 3 rings (SSSR count). The molecule has 2 aromatic heterocycles. The molecule has 2 aromatic rings. The van der Waals surface area contributed by atoms with E-state index in [2.05, 4.69) is 20.4 Å². The molecule has 2 unspecified atom stereocenters. The van der Waals surface area contributed by atoms with Crippen molar-refractivity contribution in [3.8, 4) is 11.4 Å². The van der Waals surface area contributed by atoms with Crippen molar-refractivity contribution in [2.24, 2.45) is 11.8 Å². The Bertz CT molecular complexity index is 945. The summed E-state index contributed by atoms with van der Waals surface area (Å²) in [5, 5.41) is 7.02. The average Bonchev–Trinajstić information content (AvgIpc) is 3.22. The summed E-state index contributed by atoms with van der Waals surface area (Å²) in [6, 6.07) is 3.11. The lowest BCUT2D eigenvalue weighted by Crippen LogP contribution is -2.47. The van der Waals surface area contributed by atoms with E-state index in [4.69, 9.17) is 4.52 Å². The number of amides is 1. The molecule has 164 valence electrons. The molecule has 2 atom stereocenters. The van der Waals surface area contributed by atoms with E-state index in [9.17, 15) is 13.2 Å². The van der Waals surface area contributed by atoms with Gasteiger partial charge in [-0.2, -0.15) is 4.98 Å². The van der Waals surface area contributed by atoms with Gasteiger partial charge in [0.05, 0.1) is 11.7 Å². The van der Waals surface area contributed by atoms with Gasteiger partial charge >= 0.3 is 0 Å². The second-order valence-electron chi connectivity index (χ2n) is 7.94. The van der Waals surface area contributed by atoms with Gasteiger partial charge in [-0.1, -0.05) is 25.9 Å². The molecule has 9 nitrogen and oxygen atoms in total. The highest BCUT2D eigenvalue weighted by molar-refractivity contribution is 7.89. The van der Waals surface area contributed by atoms with Crippen LogP contribution in [0.2, 0.25) is 0 Å². The van der Waals surface area contributed by atoms with E-state index in [1.807, 2.05) is 20.8 Å². The standard InChI is InChI=1S/C20H29N5O4S/c1-4-12-30(27,28)25-11-5-6-16(13-25)19(26)22-17(14(2)3)20-23-18(24-29-20)15-7-9-21-10-8-15/h7-10,14,16-17H,4-6,11-13H2,1-3H3,(H,22,26). The first-order valence-electron chi connectivity index (χ1n) is 10.3. The number of sulfonamides is 1. The summed E-state index contributed by atoms with van der Waals surface area (Å²) in [4.78, 5) is 21.4. The Balaban J connectivity index is 1.71. The molecule has 1 amide bonds. The summed E-state index contributed by atoms with van der Waals surface area (Å²) < 4.78 is 31.7. The van der Waals surface area contributed by atoms with Crippen LogP contribution in [0.1, 0.15) is 52.0 Å². The van der Waals surface area contributed by atoms with Crippen LogP contribution in [0.15, 0.2) is 29.0 Å². The van der Waals surface area contributed by atoms with Crippen molar-refractivity contribution in [3.05, 3.63) is 30.4 Å². The van der Waals surface area contributed by atoms with Crippen molar-refractivity contribution in [2.45, 2.75) is 46.1 Å². The topological polar surface area (TPSA) is 118 Å². The molecular formula is C20H29N5O4S. The number of rotatable bonds is 8. The smallest absolute Gasteiger partial charge is 0.249 e. The van der Waals surface area contributed by atoms with Crippen LogP contribution < -0.4 is 5.32 Å². The molecule has 1 N–H and O–H groups in total. The minimum absolute atomic E-state index is 0.0169. The van der Waals surface area contributed by atoms with Gasteiger partial charge in [0, 0.05) is 31.0 Å². The fourth-order valence-electron chi connectivity index (χ4n) is 3.56. The molecule has 10 heteroatoms. The number of carbonyl (C=O) groups is 1. The fraction of sp³-hybridized carbons (Fsp3) is 0.600. The van der Waals surface area contributed by atoms with E-state index in [0.717, 1.165) is 5.56 Å². The first-order valence-corrected chi connectivity index (χ1v) is 11.9. The van der Waals surface area contributed by atoms with Crippen molar-refractivity contribution in [1.29, 1.82) is 0 Å². The molecule has 0 saturated carbocycles. The van der Waals surface area contributed by atoms with Crippen molar-refractivity contribution < 1.29 is 17.7 Å². The largest absolute Gasteiger partial charge is 0.344 e. The maximum Gasteiger partial charge on any atom is 0.249 e. The zero-order chi connectivity index (χ0) is 21.7. The Morgan fingerprint density at radius 3 is 2.73 bits per heavy atom. The average molecular weight is 436 g/mol. The number of hydrogen-bond donors (Lipinski definition) is 1. The second-order valence-corrected chi connectivity index (χ2v) is 10.0. The molecule has 30 heavy (non-hydrogen) atoms. The van der Waals surface area contributed by atoms with Crippen molar-refractivity contribution in [2.75, 3.05) is 18.8 Å². The number of nitrogens with one attached hydrogen (secondary N) is 1. The summed E-state index contributed by atoms with van der Waals surface area (Å²) in [6.07, 6.45) is 5.17. The lowest BCUT2D eigenvalue weighted by Gasteiger charge is -2.32. The molecule has 1 aliphatic heterocycles. The normalized spacial score (nSPS) is 19.0. The molecule has 3 heterocycles. The maximum atomic E-state index is 13.0. The van der Waals surface area contributed by atoms with Crippen molar-refractivity contribution >= 4 is 15.9 Å². The molecule has 0 spiro atoms. The Hall–Kier alpha value is -2.33. The molecular weight excluding hydrogens is 406 g/mol. The van der Waals surface area contributed by atoms with E-state index >= 15 is 0 Å². The molecule has 0 aromatic carbocycles. The summed E-state index contributed by atoms with van der Waals surface area (Å²) in [6.45, 7) is 6.44. The van der Waals surface area contributed by atoms with Crippen LogP contribution >= 0.6 is 0 Å². The van der Waals surface area contributed by atoms with E-state index in [1.165, 1.54) is 4.31 Å². The van der Waals surface area contributed by atoms with Crippen LogP contribution in [0.3, 0.4) is 0 Å². The predicted molar refractivity (Wildman–Crippen MR) is 112 cm³/mol. The minimum atomic E-state index is -3.32. The highest BCUT2D eigenvalue weighted by Crippen LogP contribution is 2.26. The molecule has 0 aliphatic carbocycles.